The van der Waals surface area contributed by atoms with Gasteiger partial charge >= 0.3 is 0 Å². The third kappa shape index (κ3) is 3.79. The second-order valence-corrected chi connectivity index (χ2v) is 7.69. The van der Waals surface area contributed by atoms with Gasteiger partial charge in [-0.25, -0.2) is 0 Å². The van der Waals surface area contributed by atoms with Crippen LogP contribution in [0.15, 0.2) is 42.5 Å². The highest BCUT2D eigenvalue weighted by molar-refractivity contribution is 6.01. The SMILES string of the molecule is COc1ccc(OC(C)C(=O)N2CCC3(CC(=O)c4cc(OC)ccc4O3)C2)cc1. The Balaban J connectivity index is 1.42. The number of carbonyl (C=O) groups is 2. The topological polar surface area (TPSA) is 74.3 Å². The van der Waals surface area contributed by atoms with Gasteiger partial charge in [-0.1, -0.05) is 0 Å². The minimum Gasteiger partial charge on any atom is -0.497 e. The van der Waals surface area contributed by atoms with Crippen LogP contribution in [0.4, 0.5) is 0 Å². The fourth-order valence-corrected chi connectivity index (χ4v) is 4.03. The van der Waals surface area contributed by atoms with Gasteiger partial charge in [0.1, 0.15) is 28.6 Å². The van der Waals surface area contributed by atoms with Crippen LogP contribution in [-0.2, 0) is 4.79 Å². The Kier molecular flexibility index (Phi) is 5.28. The molecule has 2 aromatic carbocycles. The summed E-state index contributed by atoms with van der Waals surface area (Å²) in [6, 6.07) is 12.3. The number of carbonyl (C=O) groups excluding carboxylic acids is 2. The lowest BCUT2D eigenvalue weighted by atomic mass is 9.89. The van der Waals surface area contributed by atoms with Crippen LogP contribution in [0, 0.1) is 0 Å². The van der Waals surface area contributed by atoms with Crippen molar-refractivity contribution in [3.63, 3.8) is 0 Å². The number of ketones is 1. The van der Waals surface area contributed by atoms with Crippen molar-refractivity contribution in [3.05, 3.63) is 48.0 Å². The lowest BCUT2D eigenvalue weighted by Gasteiger charge is -2.35. The lowest BCUT2D eigenvalue weighted by Crippen LogP contribution is -2.47. The number of likely N-dealkylation sites (tertiary alicyclic amines) is 1. The monoisotopic (exact) mass is 411 g/mol. The van der Waals surface area contributed by atoms with Crippen LogP contribution in [0.1, 0.15) is 30.1 Å². The van der Waals surface area contributed by atoms with Crippen molar-refractivity contribution in [2.24, 2.45) is 0 Å². The zero-order valence-electron chi connectivity index (χ0n) is 17.3. The molecule has 2 heterocycles. The summed E-state index contributed by atoms with van der Waals surface area (Å²) in [4.78, 5) is 27.4. The summed E-state index contributed by atoms with van der Waals surface area (Å²) in [5.41, 5.74) is -0.158. The molecule has 7 nitrogen and oxygen atoms in total. The molecule has 1 amide bonds. The van der Waals surface area contributed by atoms with E-state index in [0.717, 1.165) is 5.75 Å². The number of methoxy groups -OCH3 is 2. The summed E-state index contributed by atoms with van der Waals surface area (Å²) in [7, 11) is 3.16. The lowest BCUT2D eigenvalue weighted by molar-refractivity contribution is -0.137. The largest absolute Gasteiger partial charge is 0.497 e. The van der Waals surface area contributed by atoms with Crippen molar-refractivity contribution in [1.82, 2.24) is 4.90 Å². The molecule has 1 saturated heterocycles. The quantitative estimate of drug-likeness (QED) is 0.753. The van der Waals surface area contributed by atoms with Gasteiger partial charge in [0.25, 0.3) is 5.91 Å². The van der Waals surface area contributed by atoms with Crippen LogP contribution in [0.3, 0.4) is 0 Å². The predicted molar refractivity (Wildman–Crippen MR) is 110 cm³/mol. The molecule has 4 rings (SSSR count). The van der Waals surface area contributed by atoms with Crippen LogP contribution in [0.5, 0.6) is 23.0 Å². The molecule has 158 valence electrons. The number of Topliss-reactive ketones (excluding diaryl/α,β-unsaturated/α-hetero) is 1. The van der Waals surface area contributed by atoms with E-state index >= 15 is 0 Å². The van der Waals surface area contributed by atoms with Crippen molar-refractivity contribution in [2.75, 3.05) is 27.3 Å². The standard InChI is InChI=1S/C23H25NO6/c1-15(29-17-6-4-16(27-2)5-7-17)22(26)24-11-10-23(14-24)13-20(25)19-12-18(28-3)8-9-21(19)30-23/h4-9,12,15H,10-11,13-14H2,1-3H3. The van der Waals surface area contributed by atoms with Crippen LogP contribution < -0.4 is 18.9 Å². The fraction of sp³-hybridized carbons (Fsp3) is 0.391. The summed E-state index contributed by atoms with van der Waals surface area (Å²) in [5.74, 6) is 2.36. The summed E-state index contributed by atoms with van der Waals surface area (Å²) >= 11 is 0. The Morgan fingerprint density at radius 2 is 1.73 bits per heavy atom. The molecule has 0 aromatic heterocycles. The number of rotatable bonds is 5. The molecular weight excluding hydrogens is 386 g/mol. The second-order valence-electron chi connectivity index (χ2n) is 7.69. The van der Waals surface area contributed by atoms with E-state index in [0.29, 0.717) is 42.3 Å². The van der Waals surface area contributed by atoms with Gasteiger partial charge in [0.15, 0.2) is 11.9 Å². The number of nitrogens with zero attached hydrogens (tertiary/aromatic N) is 1. The van der Waals surface area contributed by atoms with E-state index in [-0.39, 0.29) is 18.1 Å². The zero-order chi connectivity index (χ0) is 21.3. The molecule has 0 saturated carbocycles. The molecule has 0 aliphatic carbocycles. The van der Waals surface area contributed by atoms with E-state index in [1.165, 1.54) is 0 Å². The average Bonchev–Trinajstić information content (AvgIpc) is 3.16. The van der Waals surface area contributed by atoms with Gasteiger partial charge < -0.3 is 23.8 Å². The molecule has 0 bridgehead atoms. The highest BCUT2D eigenvalue weighted by Crippen LogP contribution is 2.40. The molecular formula is C23H25NO6. The first-order valence-corrected chi connectivity index (χ1v) is 9.93. The Morgan fingerprint density at radius 3 is 2.43 bits per heavy atom. The second kappa shape index (κ2) is 7.89. The molecule has 2 atom stereocenters. The highest BCUT2D eigenvalue weighted by Gasteiger charge is 2.47. The van der Waals surface area contributed by atoms with Crippen molar-refractivity contribution in [3.8, 4) is 23.0 Å². The van der Waals surface area contributed by atoms with E-state index in [4.69, 9.17) is 18.9 Å². The van der Waals surface area contributed by atoms with Crippen LogP contribution in [-0.4, -0.2) is 55.6 Å². The molecule has 7 heteroatoms. The van der Waals surface area contributed by atoms with Crippen molar-refractivity contribution in [1.29, 1.82) is 0 Å². The summed E-state index contributed by atoms with van der Waals surface area (Å²) in [6.07, 6.45) is 0.194. The molecule has 1 spiro atoms. The van der Waals surface area contributed by atoms with Gasteiger partial charge in [-0.2, -0.15) is 0 Å². The van der Waals surface area contributed by atoms with Gasteiger partial charge in [-0.05, 0) is 49.4 Å². The first kappa shape index (κ1) is 20.1. The van der Waals surface area contributed by atoms with Gasteiger partial charge in [-0.15, -0.1) is 0 Å². The van der Waals surface area contributed by atoms with E-state index in [1.807, 2.05) is 0 Å². The van der Waals surface area contributed by atoms with E-state index in [1.54, 1.807) is 68.5 Å². The Hall–Kier alpha value is -3.22. The first-order valence-electron chi connectivity index (χ1n) is 9.93. The van der Waals surface area contributed by atoms with Gasteiger partial charge in [0, 0.05) is 13.0 Å². The van der Waals surface area contributed by atoms with E-state index in [2.05, 4.69) is 0 Å². The molecule has 2 aliphatic rings. The maximum absolute atomic E-state index is 12.9. The fourth-order valence-electron chi connectivity index (χ4n) is 4.03. The van der Waals surface area contributed by atoms with E-state index in [9.17, 15) is 9.59 Å². The summed E-state index contributed by atoms with van der Waals surface area (Å²) < 4.78 is 22.4. The third-order valence-corrected chi connectivity index (χ3v) is 5.64. The number of benzene rings is 2. The molecule has 2 aliphatic heterocycles. The van der Waals surface area contributed by atoms with Crippen molar-refractivity contribution < 1.29 is 28.5 Å². The average molecular weight is 411 g/mol. The Labute approximate surface area is 175 Å². The Morgan fingerprint density at radius 1 is 1.07 bits per heavy atom. The van der Waals surface area contributed by atoms with Crippen molar-refractivity contribution in [2.45, 2.75) is 31.5 Å². The first-order chi connectivity index (χ1) is 14.4. The summed E-state index contributed by atoms with van der Waals surface area (Å²) in [5, 5.41) is 0. The normalized spacial score (nSPS) is 21.0. The van der Waals surface area contributed by atoms with Gasteiger partial charge in [0.05, 0.1) is 32.7 Å². The van der Waals surface area contributed by atoms with Crippen LogP contribution in [0.2, 0.25) is 0 Å². The number of fused-ring (bicyclic) bond motifs is 1. The molecule has 1 fully saturated rings. The molecule has 0 N–H and O–H groups in total. The van der Waals surface area contributed by atoms with Gasteiger partial charge in [0.2, 0.25) is 0 Å². The van der Waals surface area contributed by atoms with Gasteiger partial charge in [-0.3, -0.25) is 9.59 Å². The number of amides is 1. The van der Waals surface area contributed by atoms with E-state index < -0.39 is 11.7 Å². The maximum Gasteiger partial charge on any atom is 0.263 e. The highest BCUT2D eigenvalue weighted by atomic mass is 16.5. The molecule has 2 aromatic rings. The van der Waals surface area contributed by atoms with Crippen molar-refractivity contribution >= 4 is 11.7 Å². The molecule has 2 unspecified atom stereocenters. The third-order valence-electron chi connectivity index (χ3n) is 5.64. The van der Waals surface area contributed by atoms with Crippen LogP contribution in [0.25, 0.3) is 0 Å². The van der Waals surface area contributed by atoms with Crippen LogP contribution >= 0.6 is 0 Å². The zero-order valence-corrected chi connectivity index (χ0v) is 17.3. The number of hydrogen-bond acceptors (Lipinski definition) is 6. The smallest absolute Gasteiger partial charge is 0.263 e. The number of hydrogen-bond donors (Lipinski definition) is 0. The number of ether oxygens (including phenoxy) is 4. The minimum absolute atomic E-state index is 0.00646. The molecule has 30 heavy (non-hydrogen) atoms. The molecule has 0 radical (unpaired) electrons. The Bertz CT molecular complexity index is 957. The summed E-state index contributed by atoms with van der Waals surface area (Å²) in [6.45, 7) is 2.61. The minimum atomic E-state index is -0.686. The predicted octanol–water partition coefficient (Wildman–Crippen LogP) is 3.11. The maximum atomic E-state index is 12.9.